The van der Waals surface area contributed by atoms with Gasteiger partial charge < -0.3 is 4.90 Å². The molecule has 1 fully saturated rings. The summed E-state index contributed by atoms with van der Waals surface area (Å²) in [7, 11) is 0. The zero-order valence-corrected chi connectivity index (χ0v) is 16.4. The number of hydrogen-bond donors (Lipinski definition) is 0. The van der Waals surface area contributed by atoms with Gasteiger partial charge in [0.15, 0.2) is 5.78 Å². The van der Waals surface area contributed by atoms with Crippen molar-refractivity contribution in [3.8, 4) is 0 Å². The molecule has 0 N–H and O–H groups in total. The van der Waals surface area contributed by atoms with Crippen molar-refractivity contribution in [3.05, 3.63) is 35.5 Å². The van der Waals surface area contributed by atoms with Crippen molar-refractivity contribution in [1.29, 1.82) is 0 Å². The van der Waals surface area contributed by atoms with Crippen LogP contribution in [0.1, 0.15) is 68.7 Å². The van der Waals surface area contributed by atoms with Crippen LogP contribution in [0, 0.1) is 11.8 Å². The molecule has 0 saturated carbocycles. The molecule has 24 heavy (non-hydrogen) atoms. The van der Waals surface area contributed by atoms with Gasteiger partial charge in [0.2, 0.25) is 0 Å². The van der Waals surface area contributed by atoms with Gasteiger partial charge in [-0.2, -0.15) is 0 Å². The average molecular weight is 336 g/mol. The Kier molecular flexibility index (Phi) is 14.9. The lowest BCUT2D eigenvalue weighted by molar-refractivity contribution is -0.117. The third kappa shape index (κ3) is 8.10. The molecule has 140 valence electrons. The minimum absolute atomic E-state index is 0. The molecule has 0 radical (unpaired) electrons. The zero-order chi connectivity index (χ0) is 17.8. The van der Waals surface area contributed by atoms with Crippen molar-refractivity contribution < 1.29 is 4.79 Å². The molecule has 1 aliphatic heterocycles. The highest BCUT2D eigenvalue weighted by atomic mass is 16.1. The number of hydrogen-bond acceptors (Lipinski definition) is 2. The Bertz CT molecular complexity index is 421. The standard InChI is InChI=1S/C19H31NO.C2H6.CH4/c1-6-16(18-11-13-20(8-3)14-12-18)9-10-17(7-2)19(21)15(4)5;1-2;/h6-7,9-10,15,18H,8,11-14H2,1-5H3;1-2H3;1H4/b10-9-,16-6+,17-7+;;. The molecule has 2 heteroatoms. The smallest absolute Gasteiger partial charge is 0.165 e. The molecule has 0 aromatic heterocycles. The largest absolute Gasteiger partial charge is 0.304 e. The van der Waals surface area contributed by atoms with Gasteiger partial charge >= 0.3 is 0 Å². The van der Waals surface area contributed by atoms with Gasteiger partial charge in [-0.1, -0.05) is 66.3 Å². The summed E-state index contributed by atoms with van der Waals surface area (Å²) in [6.45, 7) is 17.7. The average Bonchev–Trinajstić information content (AvgIpc) is 2.60. The third-order valence-corrected chi connectivity index (χ3v) is 4.41. The number of nitrogens with zero attached hydrogens (tertiary/aromatic N) is 1. The zero-order valence-electron chi connectivity index (χ0n) is 16.4. The lowest BCUT2D eigenvalue weighted by atomic mass is 9.88. The highest BCUT2D eigenvalue weighted by molar-refractivity contribution is 5.99. The molecular formula is C22H41NO. The van der Waals surface area contributed by atoms with E-state index in [1.165, 1.54) is 31.5 Å². The fourth-order valence-corrected chi connectivity index (χ4v) is 2.89. The molecular weight excluding hydrogens is 294 g/mol. The number of ketones is 1. The van der Waals surface area contributed by atoms with Crippen LogP contribution < -0.4 is 0 Å². The first-order valence-electron chi connectivity index (χ1n) is 9.30. The minimum Gasteiger partial charge on any atom is -0.304 e. The van der Waals surface area contributed by atoms with Crippen molar-refractivity contribution in [2.75, 3.05) is 19.6 Å². The highest BCUT2D eigenvalue weighted by Crippen LogP contribution is 2.26. The summed E-state index contributed by atoms with van der Waals surface area (Å²) in [5.74, 6) is 0.925. The second-order valence-electron chi connectivity index (χ2n) is 6.09. The summed E-state index contributed by atoms with van der Waals surface area (Å²) < 4.78 is 0. The summed E-state index contributed by atoms with van der Waals surface area (Å²) in [4.78, 5) is 14.6. The van der Waals surface area contributed by atoms with Crippen molar-refractivity contribution >= 4 is 5.78 Å². The number of carbonyl (C=O) groups is 1. The number of allylic oxidation sites excluding steroid dienone is 6. The van der Waals surface area contributed by atoms with E-state index in [0.29, 0.717) is 5.92 Å². The molecule has 0 aromatic rings. The second-order valence-corrected chi connectivity index (χ2v) is 6.09. The van der Waals surface area contributed by atoms with E-state index in [4.69, 9.17) is 0 Å². The van der Waals surface area contributed by atoms with Crippen LogP contribution in [0.4, 0.5) is 0 Å². The molecule has 2 nitrogen and oxygen atoms in total. The Morgan fingerprint density at radius 2 is 1.62 bits per heavy atom. The van der Waals surface area contributed by atoms with Crippen LogP contribution in [0.5, 0.6) is 0 Å². The molecule has 0 bridgehead atoms. The van der Waals surface area contributed by atoms with E-state index in [0.717, 1.165) is 12.1 Å². The first kappa shape index (κ1) is 25.1. The number of rotatable bonds is 6. The normalized spacial score (nSPS) is 17.5. The topological polar surface area (TPSA) is 20.3 Å². The first-order valence-corrected chi connectivity index (χ1v) is 9.30. The Morgan fingerprint density at radius 1 is 1.08 bits per heavy atom. The van der Waals surface area contributed by atoms with Crippen LogP contribution in [0.2, 0.25) is 0 Å². The molecule has 0 spiro atoms. The van der Waals surface area contributed by atoms with Crippen LogP contribution in [-0.4, -0.2) is 30.3 Å². The number of piperidine rings is 1. The molecule has 1 rings (SSSR count). The number of likely N-dealkylation sites (tertiary alicyclic amines) is 1. The van der Waals surface area contributed by atoms with Gasteiger partial charge in [-0.3, -0.25) is 4.79 Å². The van der Waals surface area contributed by atoms with Crippen LogP contribution in [0.3, 0.4) is 0 Å². The van der Waals surface area contributed by atoms with E-state index in [9.17, 15) is 4.79 Å². The SMILES string of the molecule is C.CC.C\C=C(/C=C\C(=C/C)C(=O)C(C)C)C1CCN(CC)CC1. The lowest BCUT2D eigenvalue weighted by Gasteiger charge is -2.31. The van der Waals surface area contributed by atoms with E-state index in [-0.39, 0.29) is 19.1 Å². The van der Waals surface area contributed by atoms with Gasteiger partial charge in [-0.05, 0) is 57.8 Å². The maximum Gasteiger partial charge on any atom is 0.165 e. The van der Waals surface area contributed by atoms with Gasteiger partial charge in [0.25, 0.3) is 0 Å². The fourth-order valence-electron chi connectivity index (χ4n) is 2.89. The summed E-state index contributed by atoms with van der Waals surface area (Å²) in [5, 5.41) is 0. The molecule has 1 heterocycles. The third-order valence-electron chi connectivity index (χ3n) is 4.41. The lowest BCUT2D eigenvalue weighted by Crippen LogP contribution is -2.33. The summed E-state index contributed by atoms with van der Waals surface area (Å²) in [5.41, 5.74) is 2.21. The summed E-state index contributed by atoms with van der Waals surface area (Å²) >= 11 is 0. The van der Waals surface area contributed by atoms with E-state index in [1.54, 1.807) is 0 Å². The van der Waals surface area contributed by atoms with Crippen molar-refractivity contribution in [3.63, 3.8) is 0 Å². The molecule has 1 saturated heterocycles. The van der Waals surface area contributed by atoms with Crippen LogP contribution in [-0.2, 0) is 4.79 Å². The Labute approximate surface area is 151 Å². The van der Waals surface area contributed by atoms with E-state index < -0.39 is 0 Å². The Balaban J connectivity index is 0. The van der Waals surface area contributed by atoms with Gasteiger partial charge in [-0.25, -0.2) is 0 Å². The Morgan fingerprint density at radius 3 is 2.00 bits per heavy atom. The van der Waals surface area contributed by atoms with Crippen molar-refractivity contribution in [1.82, 2.24) is 4.90 Å². The first-order chi connectivity index (χ1) is 11.0. The molecule has 0 atom stereocenters. The summed E-state index contributed by atoms with van der Waals surface area (Å²) in [6, 6.07) is 0. The predicted molar refractivity (Wildman–Crippen MR) is 109 cm³/mol. The van der Waals surface area contributed by atoms with Crippen LogP contribution in [0.15, 0.2) is 35.5 Å². The van der Waals surface area contributed by atoms with Crippen LogP contribution in [0.25, 0.3) is 0 Å². The molecule has 0 aliphatic carbocycles. The van der Waals surface area contributed by atoms with Gasteiger partial charge in [0.1, 0.15) is 0 Å². The quantitative estimate of drug-likeness (QED) is 0.435. The molecule has 0 unspecified atom stereocenters. The molecule has 0 amide bonds. The molecule has 0 aromatic carbocycles. The van der Waals surface area contributed by atoms with Gasteiger partial charge in [0.05, 0.1) is 0 Å². The monoisotopic (exact) mass is 335 g/mol. The highest BCUT2D eigenvalue weighted by Gasteiger charge is 2.20. The second kappa shape index (κ2) is 14.2. The maximum absolute atomic E-state index is 12.1. The van der Waals surface area contributed by atoms with E-state index in [1.807, 2.05) is 46.8 Å². The maximum atomic E-state index is 12.1. The van der Waals surface area contributed by atoms with Gasteiger partial charge in [-0.15, -0.1) is 0 Å². The van der Waals surface area contributed by atoms with Gasteiger partial charge in [0, 0.05) is 11.5 Å². The van der Waals surface area contributed by atoms with E-state index >= 15 is 0 Å². The number of carbonyl (C=O) groups excluding carboxylic acids is 1. The predicted octanol–water partition coefficient (Wildman–Crippen LogP) is 6.05. The molecule has 1 aliphatic rings. The van der Waals surface area contributed by atoms with E-state index in [2.05, 4.69) is 30.9 Å². The van der Waals surface area contributed by atoms with Crippen molar-refractivity contribution in [2.45, 2.75) is 68.7 Å². The minimum atomic E-state index is 0. The van der Waals surface area contributed by atoms with Crippen molar-refractivity contribution in [2.24, 2.45) is 11.8 Å². The Hall–Kier alpha value is -1.15. The number of Topliss-reactive ketones (excluding diaryl/α,β-unsaturated/α-hetero) is 1. The van der Waals surface area contributed by atoms with Crippen LogP contribution >= 0.6 is 0 Å². The fraction of sp³-hybridized carbons (Fsp3) is 0.682. The summed E-state index contributed by atoms with van der Waals surface area (Å²) in [6.07, 6.45) is 10.7.